The van der Waals surface area contributed by atoms with Gasteiger partial charge in [0.2, 0.25) is 10.0 Å². The van der Waals surface area contributed by atoms with Crippen LogP contribution in [-0.4, -0.2) is 27.6 Å². The van der Waals surface area contributed by atoms with Crippen LogP contribution in [0.3, 0.4) is 0 Å². The van der Waals surface area contributed by atoms with Crippen LogP contribution in [0.2, 0.25) is 0 Å². The predicted molar refractivity (Wildman–Crippen MR) is 74.1 cm³/mol. The van der Waals surface area contributed by atoms with E-state index in [4.69, 9.17) is 10.5 Å². The average Bonchev–Trinajstić information content (AvgIpc) is 2.27. The van der Waals surface area contributed by atoms with Gasteiger partial charge in [-0.15, -0.1) is 0 Å². The van der Waals surface area contributed by atoms with Crippen LogP contribution in [0.15, 0.2) is 27.6 Å². The molecule has 0 heterocycles. The summed E-state index contributed by atoms with van der Waals surface area (Å²) < 4.78 is 32.6. The molecule has 18 heavy (non-hydrogen) atoms. The van der Waals surface area contributed by atoms with Gasteiger partial charge < -0.3 is 10.5 Å². The van der Waals surface area contributed by atoms with Crippen molar-refractivity contribution in [1.82, 2.24) is 4.72 Å². The molecule has 5 nitrogen and oxygen atoms in total. The van der Waals surface area contributed by atoms with Crippen LogP contribution in [-0.2, 0) is 10.0 Å². The Morgan fingerprint density at radius 3 is 2.50 bits per heavy atom. The van der Waals surface area contributed by atoms with Gasteiger partial charge in [-0.25, -0.2) is 13.1 Å². The van der Waals surface area contributed by atoms with E-state index in [2.05, 4.69) is 20.7 Å². The van der Waals surface area contributed by atoms with E-state index in [1.807, 2.05) is 0 Å². The molecule has 0 amide bonds. The zero-order chi connectivity index (χ0) is 14.0. The zero-order valence-corrected chi connectivity index (χ0v) is 12.9. The van der Waals surface area contributed by atoms with Crippen LogP contribution >= 0.6 is 15.9 Å². The van der Waals surface area contributed by atoms with Crippen LogP contribution in [0.5, 0.6) is 5.75 Å². The monoisotopic (exact) mass is 336 g/mol. The molecule has 0 bridgehead atoms. The number of hydrogen-bond acceptors (Lipinski definition) is 4. The maximum atomic E-state index is 12.2. The van der Waals surface area contributed by atoms with Crippen molar-refractivity contribution >= 4 is 26.0 Å². The zero-order valence-electron chi connectivity index (χ0n) is 10.5. The van der Waals surface area contributed by atoms with Crippen LogP contribution < -0.4 is 15.2 Å². The minimum atomic E-state index is -3.63. The second kappa shape index (κ2) is 5.56. The fourth-order valence-electron chi connectivity index (χ4n) is 1.27. The van der Waals surface area contributed by atoms with Crippen molar-refractivity contribution < 1.29 is 13.2 Å². The summed E-state index contributed by atoms with van der Waals surface area (Å²) in [4.78, 5) is 0.134. The molecule has 7 heteroatoms. The number of benzene rings is 1. The highest BCUT2D eigenvalue weighted by atomic mass is 79.9. The molecule has 102 valence electrons. The van der Waals surface area contributed by atoms with Gasteiger partial charge in [0.05, 0.1) is 12.0 Å². The molecule has 0 saturated carbocycles. The maximum Gasteiger partial charge on any atom is 0.241 e. The van der Waals surface area contributed by atoms with Crippen LogP contribution in [0.4, 0.5) is 0 Å². The highest BCUT2D eigenvalue weighted by molar-refractivity contribution is 9.10. The molecular weight excluding hydrogens is 320 g/mol. The Labute approximate surface area is 116 Å². The van der Waals surface area contributed by atoms with E-state index in [-0.39, 0.29) is 11.4 Å². The lowest BCUT2D eigenvalue weighted by Gasteiger charge is -2.24. The number of methoxy groups -OCH3 is 1. The quantitative estimate of drug-likeness (QED) is 0.853. The molecule has 0 saturated heterocycles. The normalized spacial score (nSPS) is 12.5. The largest absolute Gasteiger partial charge is 0.497 e. The Morgan fingerprint density at radius 1 is 1.39 bits per heavy atom. The van der Waals surface area contributed by atoms with Gasteiger partial charge >= 0.3 is 0 Å². The molecule has 0 fully saturated rings. The number of ether oxygens (including phenoxy) is 1. The van der Waals surface area contributed by atoms with E-state index in [9.17, 15) is 8.42 Å². The predicted octanol–water partition coefficient (Wildman–Crippen LogP) is 1.47. The van der Waals surface area contributed by atoms with Crippen LogP contribution in [0.25, 0.3) is 0 Å². The third-order valence-electron chi connectivity index (χ3n) is 2.31. The summed E-state index contributed by atoms with van der Waals surface area (Å²) in [5.74, 6) is 0.468. The fourth-order valence-corrected chi connectivity index (χ4v) is 3.38. The molecule has 0 aliphatic heterocycles. The lowest BCUT2D eigenvalue weighted by atomic mass is 10.1. The highest BCUT2D eigenvalue weighted by Gasteiger charge is 2.25. The van der Waals surface area contributed by atoms with Gasteiger partial charge in [0.25, 0.3) is 0 Å². The Hall–Kier alpha value is -0.630. The van der Waals surface area contributed by atoms with E-state index in [1.165, 1.54) is 19.2 Å². The summed E-state index contributed by atoms with van der Waals surface area (Å²) >= 11 is 3.25. The molecule has 0 unspecified atom stereocenters. The molecule has 0 aromatic heterocycles. The summed E-state index contributed by atoms with van der Waals surface area (Å²) in [6, 6.07) is 4.66. The molecule has 0 aliphatic rings. The standard InChI is InChI=1S/C11H17BrN2O3S/c1-11(2,7-13)14-18(15,16)10-5-8(12)4-9(6-10)17-3/h4-6,14H,7,13H2,1-3H3. The lowest BCUT2D eigenvalue weighted by Crippen LogP contribution is -2.48. The van der Waals surface area contributed by atoms with Crippen LogP contribution in [0.1, 0.15) is 13.8 Å². The SMILES string of the molecule is COc1cc(Br)cc(S(=O)(=O)NC(C)(C)CN)c1. The second-order valence-electron chi connectivity index (χ2n) is 4.52. The number of hydrogen-bond donors (Lipinski definition) is 2. The number of nitrogens with two attached hydrogens (primary N) is 1. The van der Waals surface area contributed by atoms with Gasteiger partial charge in [-0.1, -0.05) is 15.9 Å². The molecule has 0 atom stereocenters. The first-order chi connectivity index (χ1) is 8.20. The molecule has 0 spiro atoms. The summed E-state index contributed by atoms with van der Waals surface area (Å²) in [5.41, 5.74) is 4.82. The van der Waals surface area contributed by atoms with Crippen molar-refractivity contribution in [2.75, 3.05) is 13.7 Å². The van der Waals surface area contributed by atoms with Crippen molar-refractivity contribution in [3.8, 4) is 5.75 Å². The van der Waals surface area contributed by atoms with Gasteiger partial charge in [-0.2, -0.15) is 0 Å². The Bertz CT molecular complexity index is 529. The minimum absolute atomic E-state index is 0.134. The third kappa shape index (κ3) is 3.94. The van der Waals surface area contributed by atoms with Crippen molar-refractivity contribution in [2.45, 2.75) is 24.3 Å². The van der Waals surface area contributed by atoms with Crippen molar-refractivity contribution in [3.63, 3.8) is 0 Å². The molecule has 1 aromatic rings. The fraction of sp³-hybridized carbons (Fsp3) is 0.455. The number of halogens is 1. The summed E-state index contributed by atoms with van der Waals surface area (Å²) in [6.07, 6.45) is 0. The van der Waals surface area contributed by atoms with Crippen molar-refractivity contribution in [3.05, 3.63) is 22.7 Å². The van der Waals surface area contributed by atoms with Crippen molar-refractivity contribution in [1.29, 1.82) is 0 Å². The van der Waals surface area contributed by atoms with Gasteiger partial charge in [0.15, 0.2) is 0 Å². The second-order valence-corrected chi connectivity index (χ2v) is 7.12. The van der Waals surface area contributed by atoms with Gasteiger partial charge in [-0.3, -0.25) is 0 Å². The lowest BCUT2D eigenvalue weighted by molar-refractivity contribution is 0.412. The van der Waals surface area contributed by atoms with Gasteiger partial charge in [-0.05, 0) is 26.0 Å². The Balaban J connectivity index is 3.16. The number of nitrogens with one attached hydrogen (secondary N) is 1. The van der Waals surface area contributed by atoms with Gasteiger partial charge in [0, 0.05) is 22.6 Å². The molecule has 3 N–H and O–H groups in total. The minimum Gasteiger partial charge on any atom is -0.497 e. The maximum absolute atomic E-state index is 12.2. The topological polar surface area (TPSA) is 81.4 Å². The molecule has 1 rings (SSSR count). The molecule has 1 aromatic carbocycles. The van der Waals surface area contributed by atoms with E-state index >= 15 is 0 Å². The van der Waals surface area contributed by atoms with E-state index in [1.54, 1.807) is 19.9 Å². The average molecular weight is 337 g/mol. The summed E-state index contributed by atoms with van der Waals surface area (Å²) in [6.45, 7) is 3.65. The Kier molecular flexibility index (Phi) is 4.77. The van der Waals surface area contributed by atoms with E-state index in [0.29, 0.717) is 10.2 Å². The molecule has 0 radical (unpaired) electrons. The first kappa shape index (κ1) is 15.4. The summed E-state index contributed by atoms with van der Waals surface area (Å²) in [7, 11) is -2.14. The van der Waals surface area contributed by atoms with Gasteiger partial charge in [0.1, 0.15) is 5.75 Å². The number of sulfonamides is 1. The molecule has 0 aliphatic carbocycles. The van der Waals surface area contributed by atoms with Crippen LogP contribution in [0, 0.1) is 0 Å². The first-order valence-electron chi connectivity index (χ1n) is 5.29. The van der Waals surface area contributed by atoms with Crippen molar-refractivity contribution in [2.24, 2.45) is 5.73 Å². The number of rotatable bonds is 5. The third-order valence-corrected chi connectivity index (χ3v) is 4.45. The Morgan fingerprint density at radius 2 is 2.00 bits per heavy atom. The summed E-state index contributed by atoms with van der Waals surface area (Å²) in [5, 5.41) is 0. The van der Waals surface area contributed by atoms with E-state index < -0.39 is 15.6 Å². The van der Waals surface area contributed by atoms with E-state index in [0.717, 1.165) is 0 Å². The smallest absolute Gasteiger partial charge is 0.241 e. The highest BCUT2D eigenvalue weighted by Crippen LogP contribution is 2.24. The first-order valence-corrected chi connectivity index (χ1v) is 7.56. The molecular formula is C11H17BrN2O3S.